The molecule has 1 amide bonds. The fourth-order valence-corrected chi connectivity index (χ4v) is 3.64. The average molecular weight is 452 g/mol. The number of pyridine rings is 1. The van der Waals surface area contributed by atoms with Crippen LogP contribution in [0.5, 0.6) is 0 Å². The number of halogens is 4. The van der Waals surface area contributed by atoms with Gasteiger partial charge in [-0.1, -0.05) is 11.6 Å². The lowest BCUT2D eigenvalue weighted by molar-refractivity contribution is -0.137. The van der Waals surface area contributed by atoms with Crippen molar-refractivity contribution in [2.45, 2.75) is 25.6 Å². The van der Waals surface area contributed by atoms with Crippen molar-refractivity contribution in [2.24, 2.45) is 0 Å². The topological polar surface area (TPSA) is 88.9 Å². The van der Waals surface area contributed by atoms with Crippen molar-refractivity contribution < 1.29 is 18.0 Å². The maximum absolute atomic E-state index is 12.7. The third-order valence-corrected chi connectivity index (χ3v) is 5.24. The van der Waals surface area contributed by atoms with Gasteiger partial charge in [-0.2, -0.15) is 13.2 Å². The number of carbonyl (C=O) groups excluding carboxylic acids is 1. The molecule has 4 rings (SSSR count). The highest BCUT2D eigenvalue weighted by atomic mass is 35.5. The molecule has 7 nitrogen and oxygen atoms in total. The zero-order chi connectivity index (χ0) is 22.2. The van der Waals surface area contributed by atoms with Gasteiger partial charge < -0.3 is 10.6 Å². The molecule has 3 aromatic rings. The minimum Gasteiger partial charge on any atom is -0.367 e. The fraction of sp³-hybridized carbons (Fsp3) is 0.300. The highest BCUT2D eigenvalue weighted by molar-refractivity contribution is 6.32. The van der Waals surface area contributed by atoms with E-state index < -0.39 is 11.7 Å². The highest BCUT2D eigenvalue weighted by Gasteiger charge is 2.31. The molecule has 0 spiro atoms. The van der Waals surface area contributed by atoms with E-state index >= 15 is 0 Å². The Labute approximate surface area is 179 Å². The predicted octanol–water partition coefficient (Wildman–Crippen LogP) is 3.25. The Morgan fingerprint density at radius 3 is 2.77 bits per heavy atom. The first-order valence-electron chi connectivity index (χ1n) is 9.52. The molecule has 1 aliphatic rings. The van der Waals surface area contributed by atoms with Gasteiger partial charge in [0.05, 0.1) is 21.5 Å². The van der Waals surface area contributed by atoms with E-state index in [1.165, 1.54) is 0 Å². The number of aromatic nitrogens is 3. The summed E-state index contributed by atoms with van der Waals surface area (Å²) in [6, 6.07) is 5.52. The normalized spacial score (nSPS) is 13.3. The molecule has 0 radical (unpaired) electrons. The van der Waals surface area contributed by atoms with E-state index in [4.69, 9.17) is 11.6 Å². The quantitative estimate of drug-likeness (QED) is 0.581. The van der Waals surface area contributed by atoms with Gasteiger partial charge in [0, 0.05) is 37.8 Å². The molecule has 0 atom stereocenters. The van der Waals surface area contributed by atoms with Crippen LogP contribution < -0.4 is 16.2 Å². The zero-order valence-corrected chi connectivity index (χ0v) is 16.8. The van der Waals surface area contributed by atoms with Crippen LogP contribution in [-0.2, 0) is 19.1 Å². The van der Waals surface area contributed by atoms with Gasteiger partial charge in [-0.3, -0.25) is 14.2 Å². The number of carbonyl (C=O) groups is 1. The maximum Gasteiger partial charge on any atom is 0.417 e. The van der Waals surface area contributed by atoms with Gasteiger partial charge in [0.1, 0.15) is 11.6 Å². The Balaban J connectivity index is 1.38. The third-order valence-electron chi connectivity index (χ3n) is 4.95. The summed E-state index contributed by atoms with van der Waals surface area (Å²) in [7, 11) is 0. The first kappa shape index (κ1) is 21.1. The third kappa shape index (κ3) is 4.34. The molecule has 31 heavy (non-hydrogen) atoms. The second-order valence-corrected chi connectivity index (χ2v) is 7.46. The fourth-order valence-electron chi connectivity index (χ4n) is 3.41. The summed E-state index contributed by atoms with van der Waals surface area (Å²) in [6.45, 7) is 1.03. The van der Waals surface area contributed by atoms with E-state index in [1.54, 1.807) is 22.8 Å². The van der Waals surface area contributed by atoms with Crippen LogP contribution in [0.2, 0.25) is 5.02 Å². The first-order chi connectivity index (χ1) is 14.7. The number of aryl methyl sites for hydroxylation is 1. The van der Waals surface area contributed by atoms with Gasteiger partial charge in [-0.25, -0.2) is 9.97 Å². The molecular weight excluding hydrogens is 435 g/mol. The number of nitrogens with zero attached hydrogens (tertiary/aromatic N) is 3. The summed E-state index contributed by atoms with van der Waals surface area (Å²) in [4.78, 5) is 33.1. The largest absolute Gasteiger partial charge is 0.417 e. The Morgan fingerprint density at radius 1 is 1.23 bits per heavy atom. The number of alkyl halides is 3. The van der Waals surface area contributed by atoms with E-state index in [0.29, 0.717) is 29.2 Å². The first-order valence-corrected chi connectivity index (χ1v) is 9.90. The lowest BCUT2D eigenvalue weighted by atomic mass is 10.1. The SMILES string of the molecule is O=C(NCCNc1ncc(C(F)(F)F)cc1Cl)c1ccc2c(=O)n3c(nc2c1)CCC3. The van der Waals surface area contributed by atoms with Crippen LogP contribution in [0.25, 0.3) is 10.9 Å². The minimum atomic E-state index is -4.52. The monoisotopic (exact) mass is 451 g/mol. The van der Waals surface area contributed by atoms with Crippen LogP contribution in [0, 0.1) is 0 Å². The van der Waals surface area contributed by atoms with Crippen molar-refractivity contribution in [2.75, 3.05) is 18.4 Å². The second-order valence-electron chi connectivity index (χ2n) is 7.06. The molecule has 0 aliphatic carbocycles. The summed E-state index contributed by atoms with van der Waals surface area (Å²) in [5, 5.41) is 5.77. The maximum atomic E-state index is 12.7. The van der Waals surface area contributed by atoms with Gasteiger partial charge in [-0.05, 0) is 30.7 Å². The molecule has 0 saturated heterocycles. The Kier molecular flexibility index (Phi) is 5.57. The Morgan fingerprint density at radius 2 is 2.03 bits per heavy atom. The zero-order valence-electron chi connectivity index (χ0n) is 16.1. The van der Waals surface area contributed by atoms with E-state index in [1.807, 2.05) is 0 Å². The van der Waals surface area contributed by atoms with Crippen LogP contribution in [0.15, 0.2) is 35.3 Å². The predicted molar refractivity (Wildman–Crippen MR) is 109 cm³/mol. The number of benzene rings is 1. The number of rotatable bonds is 5. The number of amides is 1. The van der Waals surface area contributed by atoms with E-state index in [2.05, 4.69) is 20.6 Å². The molecule has 0 fully saturated rings. The van der Waals surface area contributed by atoms with E-state index in [-0.39, 0.29) is 35.4 Å². The second kappa shape index (κ2) is 8.18. The molecule has 162 valence electrons. The average Bonchev–Trinajstić information content (AvgIpc) is 3.19. The number of hydrogen-bond acceptors (Lipinski definition) is 5. The van der Waals surface area contributed by atoms with Gasteiger partial charge in [0.2, 0.25) is 0 Å². The van der Waals surface area contributed by atoms with Gasteiger partial charge in [0.15, 0.2) is 0 Å². The summed E-state index contributed by atoms with van der Waals surface area (Å²) >= 11 is 5.83. The van der Waals surface area contributed by atoms with Crippen molar-refractivity contribution >= 4 is 34.2 Å². The molecule has 2 N–H and O–H groups in total. The molecule has 11 heteroatoms. The summed E-state index contributed by atoms with van der Waals surface area (Å²) in [5.74, 6) is 0.450. The number of anilines is 1. The molecule has 3 heterocycles. The number of hydrogen-bond donors (Lipinski definition) is 2. The molecule has 2 aromatic heterocycles. The van der Waals surface area contributed by atoms with Crippen molar-refractivity contribution in [3.8, 4) is 0 Å². The molecule has 1 aliphatic heterocycles. The van der Waals surface area contributed by atoms with Gasteiger partial charge in [0.25, 0.3) is 11.5 Å². The molecule has 1 aromatic carbocycles. The van der Waals surface area contributed by atoms with Crippen LogP contribution >= 0.6 is 11.6 Å². The number of fused-ring (bicyclic) bond motifs is 2. The van der Waals surface area contributed by atoms with Crippen molar-refractivity contribution in [1.29, 1.82) is 0 Å². The molecule has 0 saturated carbocycles. The highest BCUT2D eigenvalue weighted by Crippen LogP contribution is 2.32. The van der Waals surface area contributed by atoms with Crippen molar-refractivity contribution in [1.82, 2.24) is 19.9 Å². The lowest BCUT2D eigenvalue weighted by Crippen LogP contribution is -2.29. The van der Waals surface area contributed by atoms with Gasteiger partial charge in [-0.15, -0.1) is 0 Å². The lowest BCUT2D eigenvalue weighted by Gasteiger charge is -2.11. The van der Waals surface area contributed by atoms with Crippen LogP contribution in [0.1, 0.15) is 28.2 Å². The summed E-state index contributed by atoms with van der Waals surface area (Å²) in [5.41, 5.74) is -0.209. The van der Waals surface area contributed by atoms with E-state index in [9.17, 15) is 22.8 Å². The Hall–Kier alpha value is -3.14. The van der Waals surface area contributed by atoms with E-state index in [0.717, 1.165) is 24.7 Å². The smallest absolute Gasteiger partial charge is 0.367 e. The van der Waals surface area contributed by atoms with Crippen molar-refractivity contribution in [3.63, 3.8) is 0 Å². The van der Waals surface area contributed by atoms with Crippen molar-refractivity contribution in [3.05, 3.63) is 62.8 Å². The molecular formula is C20H17ClF3N5O2. The standard InChI is InChI=1S/C20H17ClF3N5O2/c21-14-9-12(20(22,23)24)10-27-17(14)25-5-6-26-18(30)11-3-4-13-15(8-11)28-16-2-1-7-29(16)19(13)31/h3-4,8-10H,1-2,5-7H2,(H,25,27)(H,26,30). The minimum absolute atomic E-state index is 0.0909. The van der Waals surface area contributed by atoms with Gasteiger partial charge >= 0.3 is 6.18 Å². The number of nitrogens with one attached hydrogen (secondary N) is 2. The van der Waals surface area contributed by atoms with Crippen LogP contribution in [0.3, 0.4) is 0 Å². The van der Waals surface area contributed by atoms with Crippen LogP contribution in [-0.4, -0.2) is 33.5 Å². The Bertz CT molecular complexity index is 1230. The molecule has 0 bridgehead atoms. The summed E-state index contributed by atoms with van der Waals surface area (Å²) < 4.78 is 39.6. The summed E-state index contributed by atoms with van der Waals surface area (Å²) in [6.07, 6.45) is -2.23. The van der Waals surface area contributed by atoms with Crippen LogP contribution in [0.4, 0.5) is 19.0 Å². The molecule has 0 unspecified atom stereocenters.